The third kappa shape index (κ3) is 3.97. The summed E-state index contributed by atoms with van der Waals surface area (Å²) in [4.78, 5) is 14.5. The molecule has 1 amide bonds. The Kier molecular flexibility index (Phi) is 6.52. The van der Waals surface area contributed by atoms with Crippen molar-refractivity contribution in [2.24, 2.45) is 17.6 Å². The van der Waals surface area contributed by atoms with E-state index in [4.69, 9.17) is 10.5 Å². The number of para-hydroxylation sites is 2. The molecule has 112 valence electrons. The minimum absolute atomic E-state index is 0.0299. The second kappa shape index (κ2) is 7.90. The molecular formula is C16H26N2O2. The number of nitrogens with two attached hydrogens (primary N) is 1. The Morgan fingerprint density at radius 3 is 2.50 bits per heavy atom. The molecule has 0 heterocycles. The zero-order valence-corrected chi connectivity index (χ0v) is 12.9. The smallest absolute Gasteiger partial charge is 0.230 e. The van der Waals surface area contributed by atoms with Gasteiger partial charge >= 0.3 is 0 Å². The minimum Gasteiger partial charge on any atom is -0.495 e. The van der Waals surface area contributed by atoms with Crippen LogP contribution in [-0.2, 0) is 4.79 Å². The van der Waals surface area contributed by atoms with E-state index in [0.29, 0.717) is 24.8 Å². The lowest BCUT2D eigenvalue weighted by atomic mass is 9.96. The maximum Gasteiger partial charge on any atom is 0.230 e. The Hall–Kier alpha value is -1.55. The number of rotatable bonds is 7. The Bertz CT molecular complexity index is 432. The van der Waals surface area contributed by atoms with Crippen LogP contribution in [0.5, 0.6) is 5.75 Å². The maximum absolute atomic E-state index is 12.7. The molecule has 4 nitrogen and oxygen atoms in total. The minimum atomic E-state index is -0.0299. The van der Waals surface area contributed by atoms with Crippen molar-refractivity contribution in [3.8, 4) is 5.75 Å². The van der Waals surface area contributed by atoms with Crippen LogP contribution in [0.1, 0.15) is 27.2 Å². The molecule has 1 rings (SSSR count). The zero-order chi connectivity index (χ0) is 15.1. The largest absolute Gasteiger partial charge is 0.495 e. The summed E-state index contributed by atoms with van der Waals surface area (Å²) in [5.74, 6) is 1.11. The predicted octanol–water partition coefficient (Wildman–Crippen LogP) is 2.67. The fourth-order valence-corrected chi connectivity index (χ4v) is 1.98. The highest BCUT2D eigenvalue weighted by molar-refractivity contribution is 5.96. The number of carbonyl (C=O) groups excluding carboxylic acids is 1. The van der Waals surface area contributed by atoms with Gasteiger partial charge in [0.1, 0.15) is 5.75 Å². The summed E-state index contributed by atoms with van der Waals surface area (Å²) in [6, 6.07) is 7.61. The number of carbonyl (C=O) groups is 1. The van der Waals surface area contributed by atoms with Crippen molar-refractivity contribution in [2.75, 3.05) is 25.1 Å². The third-order valence-corrected chi connectivity index (χ3v) is 3.62. The Balaban J connectivity index is 3.08. The van der Waals surface area contributed by atoms with Crippen molar-refractivity contribution in [2.45, 2.75) is 27.2 Å². The molecule has 0 saturated heterocycles. The van der Waals surface area contributed by atoms with Gasteiger partial charge in [0.2, 0.25) is 5.91 Å². The van der Waals surface area contributed by atoms with Gasteiger partial charge in [-0.15, -0.1) is 0 Å². The molecule has 4 heteroatoms. The van der Waals surface area contributed by atoms with Crippen molar-refractivity contribution in [1.29, 1.82) is 0 Å². The SMILES string of the molecule is COc1ccccc1N(CCCN)C(=O)C(C)C(C)C. The maximum atomic E-state index is 12.7. The fraction of sp³-hybridized carbons (Fsp3) is 0.562. The second-order valence-corrected chi connectivity index (χ2v) is 5.34. The highest BCUT2D eigenvalue weighted by Crippen LogP contribution is 2.29. The lowest BCUT2D eigenvalue weighted by molar-refractivity contribution is -0.123. The van der Waals surface area contributed by atoms with Crippen LogP contribution < -0.4 is 15.4 Å². The molecule has 2 N–H and O–H groups in total. The first-order valence-corrected chi connectivity index (χ1v) is 7.17. The predicted molar refractivity (Wildman–Crippen MR) is 83.0 cm³/mol. The lowest BCUT2D eigenvalue weighted by Gasteiger charge is -2.28. The van der Waals surface area contributed by atoms with Gasteiger partial charge in [-0.3, -0.25) is 4.79 Å². The molecule has 1 atom stereocenters. The normalized spacial score (nSPS) is 12.3. The van der Waals surface area contributed by atoms with E-state index in [-0.39, 0.29) is 11.8 Å². The topological polar surface area (TPSA) is 55.6 Å². The first kappa shape index (κ1) is 16.5. The molecule has 0 aliphatic carbocycles. The molecular weight excluding hydrogens is 252 g/mol. The van der Waals surface area contributed by atoms with Gasteiger partial charge in [0.05, 0.1) is 12.8 Å². The summed E-state index contributed by atoms with van der Waals surface area (Å²) < 4.78 is 5.37. The molecule has 0 spiro atoms. The second-order valence-electron chi connectivity index (χ2n) is 5.34. The van der Waals surface area contributed by atoms with Gasteiger partial charge < -0.3 is 15.4 Å². The quantitative estimate of drug-likeness (QED) is 0.834. The van der Waals surface area contributed by atoms with Crippen LogP contribution in [0.25, 0.3) is 0 Å². The molecule has 0 aromatic heterocycles. The van der Waals surface area contributed by atoms with Gasteiger partial charge in [-0.05, 0) is 31.0 Å². The highest BCUT2D eigenvalue weighted by atomic mass is 16.5. The van der Waals surface area contributed by atoms with E-state index < -0.39 is 0 Å². The van der Waals surface area contributed by atoms with Crippen LogP contribution in [0.4, 0.5) is 5.69 Å². The van der Waals surface area contributed by atoms with Crippen molar-refractivity contribution in [3.63, 3.8) is 0 Å². The van der Waals surface area contributed by atoms with E-state index in [1.807, 2.05) is 31.2 Å². The van der Waals surface area contributed by atoms with Crippen LogP contribution in [0.2, 0.25) is 0 Å². The third-order valence-electron chi connectivity index (χ3n) is 3.62. The van der Waals surface area contributed by atoms with E-state index in [1.54, 1.807) is 12.0 Å². The molecule has 20 heavy (non-hydrogen) atoms. The Labute approximate surface area is 121 Å². The summed E-state index contributed by atoms with van der Waals surface area (Å²) in [6.07, 6.45) is 0.772. The molecule has 1 unspecified atom stereocenters. The summed E-state index contributed by atoms with van der Waals surface area (Å²) in [7, 11) is 1.62. The van der Waals surface area contributed by atoms with Gasteiger partial charge in [-0.25, -0.2) is 0 Å². The van der Waals surface area contributed by atoms with Crippen LogP contribution in [0, 0.1) is 11.8 Å². The summed E-state index contributed by atoms with van der Waals surface area (Å²) in [5, 5.41) is 0. The number of amides is 1. The van der Waals surface area contributed by atoms with E-state index in [2.05, 4.69) is 13.8 Å². The van der Waals surface area contributed by atoms with Crippen molar-refractivity contribution >= 4 is 11.6 Å². The average Bonchev–Trinajstić information content (AvgIpc) is 2.46. The Morgan fingerprint density at radius 2 is 1.95 bits per heavy atom. The molecule has 0 saturated carbocycles. The van der Waals surface area contributed by atoms with Crippen LogP contribution in [0.3, 0.4) is 0 Å². The summed E-state index contributed by atoms with van der Waals surface area (Å²) >= 11 is 0. The number of benzene rings is 1. The standard InChI is InChI=1S/C16H26N2O2/c1-12(2)13(3)16(19)18(11-7-10-17)14-8-5-6-9-15(14)20-4/h5-6,8-9,12-13H,7,10-11,17H2,1-4H3. The van der Waals surface area contributed by atoms with Gasteiger partial charge in [0, 0.05) is 12.5 Å². The number of ether oxygens (including phenoxy) is 1. The molecule has 0 bridgehead atoms. The number of methoxy groups -OCH3 is 1. The average molecular weight is 278 g/mol. The zero-order valence-electron chi connectivity index (χ0n) is 12.9. The number of hydrogen-bond donors (Lipinski definition) is 1. The summed E-state index contributed by atoms with van der Waals surface area (Å²) in [6.45, 7) is 7.28. The fourth-order valence-electron chi connectivity index (χ4n) is 1.98. The van der Waals surface area contributed by atoms with E-state index in [1.165, 1.54) is 0 Å². The monoisotopic (exact) mass is 278 g/mol. The molecule has 1 aromatic carbocycles. The number of hydrogen-bond acceptors (Lipinski definition) is 3. The number of anilines is 1. The Morgan fingerprint density at radius 1 is 1.30 bits per heavy atom. The van der Waals surface area contributed by atoms with Gasteiger partial charge in [0.15, 0.2) is 0 Å². The van der Waals surface area contributed by atoms with Crippen LogP contribution in [0.15, 0.2) is 24.3 Å². The van der Waals surface area contributed by atoms with E-state index in [0.717, 1.165) is 12.1 Å². The van der Waals surface area contributed by atoms with Crippen molar-refractivity contribution in [3.05, 3.63) is 24.3 Å². The van der Waals surface area contributed by atoms with Gasteiger partial charge in [-0.2, -0.15) is 0 Å². The highest BCUT2D eigenvalue weighted by Gasteiger charge is 2.25. The van der Waals surface area contributed by atoms with Crippen LogP contribution in [-0.4, -0.2) is 26.1 Å². The molecule has 0 fully saturated rings. The molecule has 0 aliphatic heterocycles. The van der Waals surface area contributed by atoms with Crippen molar-refractivity contribution < 1.29 is 9.53 Å². The van der Waals surface area contributed by atoms with E-state index in [9.17, 15) is 4.79 Å². The van der Waals surface area contributed by atoms with Gasteiger partial charge in [-0.1, -0.05) is 32.9 Å². The first-order chi connectivity index (χ1) is 9.52. The van der Waals surface area contributed by atoms with Crippen molar-refractivity contribution in [1.82, 2.24) is 0 Å². The first-order valence-electron chi connectivity index (χ1n) is 7.17. The molecule has 0 aliphatic rings. The molecule has 0 radical (unpaired) electrons. The summed E-state index contributed by atoms with van der Waals surface area (Å²) in [5.41, 5.74) is 6.41. The van der Waals surface area contributed by atoms with Crippen LogP contribution >= 0.6 is 0 Å². The lowest BCUT2D eigenvalue weighted by Crippen LogP contribution is -2.38. The number of nitrogens with zero attached hydrogens (tertiary/aromatic N) is 1. The molecule has 1 aromatic rings. The van der Waals surface area contributed by atoms with E-state index >= 15 is 0 Å². The van der Waals surface area contributed by atoms with Gasteiger partial charge in [0.25, 0.3) is 0 Å².